The third kappa shape index (κ3) is 5.68. The van der Waals surface area contributed by atoms with E-state index >= 15 is 0 Å². The predicted molar refractivity (Wildman–Crippen MR) is 83.8 cm³/mol. The van der Waals surface area contributed by atoms with Gasteiger partial charge in [0.15, 0.2) is 6.61 Å². The number of ether oxygens (including phenoxy) is 1. The highest BCUT2D eigenvalue weighted by atomic mass is 35.5. The van der Waals surface area contributed by atoms with Gasteiger partial charge in [-0.15, -0.1) is 0 Å². The van der Waals surface area contributed by atoms with Crippen LogP contribution < -0.4 is 5.32 Å². The zero-order chi connectivity index (χ0) is 18.4. The molecule has 0 fully saturated rings. The lowest BCUT2D eigenvalue weighted by Crippen LogP contribution is -2.20. The van der Waals surface area contributed by atoms with E-state index in [4.69, 9.17) is 16.0 Å². The molecule has 0 saturated heterocycles. The monoisotopic (exact) mass is 373 g/mol. The molecule has 0 radical (unpaired) electrons. The normalized spacial score (nSPS) is 11.5. The average molecular weight is 374 g/mol. The minimum atomic E-state index is -4.65. The molecule has 1 N–H and O–H groups in total. The van der Waals surface area contributed by atoms with Crippen molar-refractivity contribution in [1.29, 1.82) is 0 Å². The van der Waals surface area contributed by atoms with Crippen LogP contribution in [0.5, 0.6) is 0 Å². The number of hydrogen-bond donors (Lipinski definition) is 1. The topological polar surface area (TPSA) is 68.5 Å². The van der Waals surface area contributed by atoms with Crippen LogP contribution in [0.15, 0.2) is 47.1 Å². The molecule has 0 aliphatic carbocycles. The first-order chi connectivity index (χ1) is 11.8. The van der Waals surface area contributed by atoms with Crippen LogP contribution in [0.25, 0.3) is 6.08 Å². The Morgan fingerprint density at radius 3 is 2.68 bits per heavy atom. The number of carbonyl (C=O) groups is 2. The van der Waals surface area contributed by atoms with Crippen LogP contribution in [0, 0.1) is 0 Å². The SMILES string of the molecule is O=C(COC(=O)/C=C/c1ccco1)Nc1ccc(Cl)c(C(F)(F)F)c1. The van der Waals surface area contributed by atoms with Gasteiger partial charge < -0.3 is 14.5 Å². The van der Waals surface area contributed by atoms with E-state index in [1.54, 1.807) is 12.1 Å². The lowest BCUT2D eigenvalue weighted by Gasteiger charge is -2.11. The standard InChI is InChI=1S/C16H11ClF3NO4/c17-13-5-3-10(8-12(13)16(18,19)20)21-14(22)9-25-15(23)6-4-11-2-1-7-24-11/h1-8H,9H2,(H,21,22)/b6-4+. The number of furan rings is 1. The minimum absolute atomic E-state index is 0.121. The van der Waals surface area contributed by atoms with Gasteiger partial charge in [0.05, 0.1) is 16.8 Å². The van der Waals surface area contributed by atoms with E-state index in [1.165, 1.54) is 18.4 Å². The third-order valence-electron chi connectivity index (χ3n) is 2.83. The third-order valence-corrected chi connectivity index (χ3v) is 3.16. The van der Waals surface area contributed by atoms with Gasteiger partial charge >= 0.3 is 12.1 Å². The molecule has 2 rings (SSSR count). The quantitative estimate of drug-likeness (QED) is 0.631. The number of benzene rings is 1. The van der Waals surface area contributed by atoms with Crippen LogP contribution in [0.4, 0.5) is 18.9 Å². The van der Waals surface area contributed by atoms with E-state index in [2.05, 4.69) is 10.1 Å². The number of hydrogen-bond acceptors (Lipinski definition) is 4. The van der Waals surface area contributed by atoms with Crippen molar-refractivity contribution in [2.24, 2.45) is 0 Å². The molecule has 0 unspecified atom stereocenters. The molecule has 9 heteroatoms. The zero-order valence-electron chi connectivity index (χ0n) is 12.5. The first kappa shape index (κ1) is 18.6. The lowest BCUT2D eigenvalue weighted by molar-refractivity contribution is -0.142. The minimum Gasteiger partial charge on any atom is -0.465 e. The highest BCUT2D eigenvalue weighted by Crippen LogP contribution is 2.36. The summed E-state index contributed by atoms with van der Waals surface area (Å²) in [4.78, 5) is 23.1. The van der Waals surface area contributed by atoms with Crippen molar-refractivity contribution < 1.29 is 31.9 Å². The van der Waals surface area contributed by atoms with Crippen LogP contribution in [-0.2, 0) is 20.5 Å². The maximum Gasteiger partial charge on any atom is 0.417 e. The van der Waals surface area contributed by atoms with Gasteiger partial charge in [-0.1, -0.05) is 11.6 Å². The van der Waals surface area contributed by atoms with Crippen molar-refractivity contribution in [1.82, 2.24) is 0 Å². The highest BCUT2D eigenvalue weighted by Gasteiger charge is 2.33. The molecule has 0 bridgehead atoms. The summed E-state index contributed by atoms with van der Waals surface area (Å²) in [5.41, 5.74) is -1.20. The summed E-state index contributed by atoms with van der Waals surface area (Å²) in [6, 6.07) is 6.14. The number of amides is 1. The highest BCUT2D eigenvalue weighted by molar-refractivity contribution is 6.31. The fourth-order valence-corrected chi connectivity index (χ4v) is 1.96. The summed E-state index contributed by atoms with van der Waals surface area (Å²) in [5, 5.41) is 1.70. The van der Waals surface area contributed by atoms with Crippen molar-refractivity contribution in [3.05, 3.63) is 59.0 Å². The van der Waals surface area contributed by atoms with E-state index in [-0.39, 0.29) is 5.69 Å². The number of anilines is 1. The molecule has 1 amide bonds. The Morgan fingerprint density at radius 1 is 1.28 bits per heavy atom. The molecule has 25 heavy (non-hydrogen) atoms. The van der Waals surface area contributed by atoms with Crippen LogP contribution in [-0.4, -0.2) is 18.5 Å². The summed E-state index contributed by atoms with van der Waals surface area (Å²) >= 11 is 5.48. The molecule has 1 aromatic heterocycles. The molecule has 0 saturated carbocycles. The Balaban J connectivity index is 1.89. The van der Waals surface area contributed by atoms with E-state index < -0.39 is 35.2 Å². The van der Waals surface area contributed by atoms with Crippen LogP contribution in [0.2, 0.25) is 5.02 Å². The first-order valence-corrected chi connectivity index (χ1v) is 7.18. The van der Waals surface area contributed by atoms with Crippen LogP contribution in [0.3, 0.4) is 0 Å². The Bertz CT molecular complexity index is 785. The second-order valence-corrected chi connectivity index (χ2v) is 5.10. The van der Waals surface area contributed by atoms with E-state index in [9.17, 15) is 22.8 Å². The molecule has 0 spiro atoms. The van der Waals surface area contributed by atoms with Crippen molar-refractivity contribution in [3.8, 4) is 0 Å². The number of nitrogens with one attached hydrogen (secondary N) is 1. The Labute approximate surface area is 145 Å². The van der Waals surface area contributed by atoms with Crippen LogP contribution >= 0.6 is 11.6 Å². The Kier molecular flexibility index (Phi) is 5.87. The van der Waals surface area contributed by atoms with E-state index in [1.807, 2.05) is 0 Å². The van der Waals surface area contributed by atoms with Gasteiger partial charge in [-0.05, 0) is 36.4 Å². The second kappa shape index (κ2) is 7.89. The van der Waals surface area contributed by atoms with Gasteiger partial charge in [0.2, 0.25) is 0 Å². The summed E-state index contributed by atoms with van der Waals surface area (Å²) < 4.78 is 47.8. The summed E-state index contributed by atoms with van der Waals surface area (Å²) in [6.07, 6.45) is -0.841. The van der Waals surface area contributed by atoms with Crippen molar-refractivity contribution in [2.75, 3.05) is 11.9 Å². The molecular weight excluding hydrogens is 363 g/mol. The molecule has 1 aromatic carbocycles. The number of carbonyl (C=O) groups excluding carboxylic acids is 2. The fourth-order valence-electron chi connectivity index (χ4n) is 1.74. The molecule has 132 valence electrons. The molecular formula is C16H11ClF3NO4. The molecule has 5 nitrogen and oxygen atoms in total. The Morgan fingerprint density at radius 2 is 2.04 bits per heavy atom. The maximum atomic E-state index is 12.7. The van der Waals surface area contributed by atoms with Crippen molar-refractivity contribution in [2.45, 2.75) is 6.18 Å². The second-order valence-electron chi connectivity index (χ2n) is 4.70. The van der Waals surface area contributed by atoms with Gasteiger partial charge in [0, 0.05) is 11.8 Å². The number of alkyl halides is 3. The molecule has 0 atom stereocenters. The van der Waals surface area contributed by atoms with Crippen molar-refractivity contribution >= 4 is 35.2 Å². The van der Waals surface area contributed by atoms with E-state index in [0.717, 1.165) is 12.1 Å². The van der Waals surface area contributed by atoms with Gasteiger partial charge in [-0.3, -0.25) is 4.79 Å². The summed E-state index contributed by atoms with van der Waals surface area (Å²) in [6.45, 7) is -0.661. The Hall–Kier alpha value is -2.74. The predicted octanol–water partition coefficient (Wildman–Crippen LogP) is 4.15. The van der Waals surface area contributed by atoms with Crippen LogP contribution in [0.1, 0.15) is 11.3 Å². The molecule has 1 heterocycles. The van der Waals surface area contributed by atoms with Gasteiger partial charge in [-0.25, -0.2) is 4.79 Å². The smallest absolute Gasteiger partial charge is 0.417 e. The van der Waals surface area contributed by atoms with E-state index in [0.29, 0.717) is 11.8 Å². The number of esters is 1. The fraction of sp³-hybridized carbons (Fsp3) is 0.125. The molecule has 0 aliphatic rings. The average Bonchev–Trinajstić information content (AvgIpc) is 3.05. The van der Waals surface area contributed by atoms with Gasteiger partial charge in [0.25, 0.3) is 5.91 Å². The van der Waals surface area contributed by atoms with Gasteiger partial charge in [-0.2, -0.15) is 13.2 Å². The van der Waals surface area contributed by atoms with Gasteiger partial charge in [0.1, 0.15) is 5.76 Å². The van der Waals surface area contributed by atoms with Crippen molar-refractivity contribution in [3.63, 3.8) is 0 Å². The summed E-state index contributed by atoms with van der Waals surface area (Å²) in [7, 11) is 0. The summed E-state index contributed by atoms with van der Waals surface area (Å²) in [5.74, 6) is -1.18. The molecule has 0 aliphatic heterocycles. The maximum absolute atomic E-state index is 12.7. The first-order valence-electron chi connectivity index (χ1n) is 6.80. The number of rotatable bonds is 5. The molecule has 2 aromatic rings. The number of halogens is 4. The lowest BCUT2D eigenvalue weighted by atomic mass is 10.2. The zero-order valence-corrected chi connectivity index (χ0v) is 13.2. The largest absolute Gasteiger partial charge is 0.465 e.